The van der Waals surface area contributed by atoms with Crippen molar-refractivity contribution in [1.29, 1.82) is 0 Å². The number of aryl methyl sites for hydroxylation is 1. The third-order valence-corrected chi connectivity index (χ3v) is 3.47. The summed E-state index contributed by atoms with van der Waals surface area (Å²) in [6.45, 7) is 2.17. The van der Waals surface area contributed by atoms with Crippen LogP contribution in [0.3, 0.4) is 0 Å². The summed E-state index contributed by atoms with van der Waals surface area (Å²) in [5, 5.41) is 12.8. The van der Waals surface area contributed by atoms with Crippen molar-refractivity contribution in [3.63, 3.8) is 0 Å². The highest BCUT2D eigenvalue weighted by Crippen LogP contribution is 2.19. The van der Waals surface area contributed by atoms with Crippen LogP contribution in [0.1, 0.15) is 5.56 Å². The SMILES string of the molecule is Cc1cccc(F)c1NCC(O)COc1cccc(Br)c1. The summed E-state index contributed by atoms with van der Waals surface area (Å²) < 4.78 is 20.0. The van der Waals surface area contributed by atoms with E-state index in [-0.39, 0.29) is 19.0 Å². The number of aliphatic hydroxyl groups is 1. The van der Waals surface area contributed by atoms with Crippen molar-refractivity contribution in [3.8, 4) is 5.75 Å². The molecule has 0 amide bonds. The minimum atomic E-state index is -0.733. The van der Waals surface area contributed by atoms with E-state index in [0.717, 1.165) is 10.0 Å². The van der Waals surface area contributed by atoms with Gasteiger partial charge >= 0.3 is 0 Å². The number of para-hydroxylation sites is 1. The molecule has 0 aliphatic rings. The number of benzene rings is 2. The fourth-order valence-corrected chi connectivity index (χ4v) is 2.26. The quantitative estimate of drug-likeness (QED) is 0.830. The second-order valence-electron chi connectivity index (χ2n) is 4.73. The zero-order valence-corrected chi connectivity index (χ0v) is 13.2. The lowest BCUT2D eigenvalue weighted by Gasteiger charge is -2.15. The standard InChI is InChI=1S/C16H17BrFNO2/c1-11-4-2-7-15(18)16(11)19-9-13(20)10-21-14-6-3-5-12(17)8-14/h2-8,13,19-20H,9-10H2,1H3. The molecule has 0 saturated carbocycles. The number of nitrogens with one attached hydrogen (secondary N) is 1. The first-order valence-electron chi connectivity index (χ1n) is 6.61. The molecule has 112 valence electrons. The molecule has 1 unspecified atom stereocenters. The molecule has 2 aromatic rings. The Morgan fingerprint density at radius 3 is 2.76 bits per heavy atom. The van der Waals surface area contributed by atoms with Crippen LogP contribution in [0.2, 0.25) is 0 Å². The van der Waals surface area contributed by atoms with Gasteiger partial charge in [0.1, 0.15) is 24.3 Å². The van der Waals surface area contributed by atoms with Gasteiger partial charge in [0.25, 0.3) is 0 Å². The molecule has 3 nitrogen and oxygen atoms in total. The van der Waals surface area contributed by atoms with Crippen molar-refractivity contribution in [2.75, 3.05) is 18.5 Å². The number of aliphatic hydroxyl groups excluding tert-OH is 1. The summed E-state index contributed by atoms with van der Waals surface area (Å²) in [5.41, 5.74) is 1.22. The van der Waals surface area contributed by atoms with Crippen LogP contribution in [0.5, 0.6) is 5.75 Å². The first kappa shape index (κ1) is 15.8. The van der Waals surface area contributed by atoms with Crippen LogP contribution in [-0.4, -0.2) is 24.4 Å². The topological polar surface area (TPSA) is 41.5 Å². The Balaban J connectivity index is 1.84. The Kier molecular flexibility index (Phi) is 5.59. The van der Waals surface area contributed by atoms with Gasteiger partial charge in [-0.25, -0.2) is 4.39 Å². The maximum atomic E-state index is 13.6. The van der Waals surface area contributed by atoms with Gasteiger partial charge in [-0.2, -0.15) is 0 Å². The second kappa shape index (κ2) is 7.43. The van der Waals surface area contributed by atoms with Crippen LogP contribution in [0, 0.1) is 12.7 Å². The fraction of sp³-hybridized carbons (Fsp3) is 0.250. The van der Waals surface area contributed by atoms with Gasteiger partial charge in [-0.1, -0.05) is 34.1 Å². The molecule has 2 aromatic carbocycles. The Labute approximate surface area is 131 Å². The van der Waals surface area contributed by atoms with E-state index in [1.807, 2.05) is 37.3 Å². The zero-order valence-electron chi connectivity index (χ0n) is 11.6. The monoisotopic (exact) mass is 353 g/mol. The Morgan fingerprint density at radius 2 is 2.05 bits per heavy atom. The van der Waals surface area contributed by atoms with E-state index >= 15 is 0 Å². The molecule has 0 aliphatic carbocycles. The minimum Gasteiger partial charge on any atom is -0.491 e. The van der Waals surface area contributed by atoms with E-state index in [4.69, 9.17) is 4.74 Å². The lowest BCUT2D eigenvalue weighted by atomic mass is 10.2. The summed E-state index contributed by atoms with van der Waals surface area (Å²) in [4.78, 5) is 0. The first-order chi connectivity index (χ1) is 10.1. The molecule has 0 saturated heterocycles. The molecule has 1 atom stereocenters. The molecule has 0 radical (unpaired) electrons. The second-order valence-corrected chi connectivity index (χ2v) is 5.65. The molecule has 0 heterocycles. The maximum Gasteiger partial charge on any atom is 0.146 e. The van der Waals surface area contributed by atoms with Crippen molar-refractivity contribution in [1.82, 2.24) is 0 Å². The average molecular weight is 354 g/mol. The minimum absolute atomic E-state index is 0.136. The highest BCUT2D eigenvalue weighted by molar-refractivity contribution is 9.10. The van der Waals surface area contributed by atoms with Crippen molar-refractivity contribution < 1.29 is 14.2 Å². The highest BCUT2D eigenvalue weighted by atomic mass is 79.9. The molecule has 0 bridgehead atoms. The van der Waals surface area contributed by atoms with Gasteiger partial charge in [0, 0.05) is 11.0 Å². The van der Waals surface area contributed by atoms with Crippen molar-refractivity contribution in [2.24, 2.45) is 0 Å². The van der Waals surface area contributed by atoms with E-state index in [0.29, 0.717) is 11.4 Å². The Hall–Kier alpha value is -1.59. The van der Waals surface area contributed by atoms with E-state index < -0.39 is 6.10 Å². The van der Waals surface area contributed by atoms with Gasteiger partial charge in [-0.3, -0.25) is 0 Å². The zero-order chi connectivity index (χ0) is 15.2. The van der Waals surface area contributed by atoms with Crippen molar-refractivity contribution in [2.45, 2.75) is 13.0 Å². The first-order valence-corrected chi connectivity index (χ1v) is 7.41. The third-order valence-electron chi connectivity index (χ3n) is 2.97. The van der Waals surface area contributed by atoms with Crippen molar-refractivity contribution >= 4 is 21.6 Å². The smallest absolute Gasteiger partial charge is 0.146 e. The van der Waals surface area contributed by atoms with E-state index in [1.54, 1.807) is 6.07 Å². The Morgan fingerprint density at radius 1 is 1.29 bits per heavy atom. The number of anilines is 1. The summed E-state index contributed by atoms with van der Waals surface area (Å²) in [6.07, 6.45) is -0.733. The summed E-state index contributed by atoms with van der Waals surface area (Å²) in [6, 6.07) is 12.2. The van der Waals surface area contributed by atoms with Crippen LogP contribution in [0.4, 0.5) is 10.1 Å². The van der Waals surface area contributed by atoms with Gasteiger partial charge in [0.2, 0.25) is 0 Å². The molecule has 2 N–H and O–H groups in total. The van der Waals surface area contributed by atoms with Crippen LogP contribution in [0.15, 0.2) is 46.9 Å². The van der Waals surface area contributed by atoms with Crippen LogP contribution >= 0.6 is 15.9 Å². The molecule has 0 aromatic heterocycles. The number of rotatable bonds is 6. The molecule has 0 spiro atoms. The molecule has 21 heavy (non-hydrogen) atoms. The van der Waals surface area contributed by atoms with Gasteiger partial charge in [-0.05, 0) is 36.8 Å². The largest absolute Gasteiger partial charge is 0.491 e. The fourth-order valence-electron chi connectivity index (χ4n) is 1.88. The lowest BCUT2D eigenvalue weighted by Crippen LogP contribution is -2.26. The average Bonchev–Trinajstić information content (AvgIpc) is 2.45. The summed E-state index contributed by atoms with van der Waals surface area (Å²) in [7, 11) is 0. The highest BCUT2D eigenvalue weighted by Gasteiger charge is 2.09. The maximum absolute atomic E-state index is 13.6. The van der Waals surface area contributed by atoms with Gasteiger partial charge in [-0.15, -0.1) is 0 Å². The molecule has 0 aliphatic heterocycles. The molecule has 2 rings (SSSR count). The van der Waals surface area contributed by atoms with E-state index in [1.165, 1.54) is 6.07 Å². The predicted octanol–water partition coefficient (Wildman–Crippen LogP) is 3.75. The van der Waals surface area contributed by atoms with Crippen molar-refractivity contribution in [3.05, 3.63) is 58.3 Å². The predicted molar refractivity (Wildman–Crippen MR) is 85.3 cm³/mol. The number of halogens is 2. The Bertz CT molecular complexity index is 586. The lowest BCUT2D eigenvalue weighted by molar-refractivity contribution is 0.117. The van der Waals surface area contributed by atoms with E-state index in [9.17, 15) is 9.50 Å². The molecular weight excluding hydrogens is 337 g/mol. The molecule has 5 heteroatoms. The molecular formula is C16H17BrFNO2. The summed E-state index contributed by atoms with van der Waals surface area (Å²) in [5.74, 6) is 0.348. The van der Waals surface area contributed by atoms with Crippen LogP contribution in [-0.2, 0) is 0 Å². The number of ether oxygens (including phenoxy) is 1. The number of hydrogen-bond donors (Lipinski definition) is 2. The van der Waals surface area contributed by atoms with Gasteiger partial charge in [0.15, 0.2) is 0 Å². The normalized spacial score (nSPS) is 12.0. The molecule has 0 fully saturated rings. The third kappa shape index (κ3) is 4.72. The summed E-state index contributed by atoms with van der Waals surface area (Å²) >= 11 is 3.35. The number of hydrogen-bond acceptors (Lipinski definition) is 3. The van der Waals surface area contributed by atoms with Crippen LogP contribution < -0.4 is 10.1 Å². The van der Waals surface area contributed by atoms with Crippen LogP contribution in [0.25, 0.3) is 0 Å². The van der Waals surface area contributed by atoms with Gasteiger partial charge < -0.3 is 15.2 Å². The van der Waals surface area contributed by atoms with Gasteiger partial charge in [0.05, 0.1) is 5.69 Å². The van der Waals surface area contributed by atoms with E-state index in [2.05, 4.69) is 21.2 Å².